The predicted octanol–water partition coefficient (Wildman–Crippen LogP) is 3.91. The Morgan fingerprint density at radius 1 is 1.22 bits per heavy atom. The highest BCUT2D eigenvalue weighted by Gasteiger charge is 2.48. The number of esters is 1. The highest BCUT2D eigenvalue weighted by atomic mass is 35.5. The number of nitrogens with zero attached hydrogens (tertiary/aromatic N) is 3. The van der Waals surface area contributed by atoms with E-state index in [0.717, 1.165) is 11.3 Å². The van der Waals surface area contributed by atoms with Crippen LogP contribution in [0.5, 0.6) is 0 Å². The first-order valence-electron chi connectivity index (χ1n) is 9.36. The molecule has 1 saturated heterocycles. The number of anilines is 1. The first-order chi connectivity index (χ1) is 15.3. The number of aryl methyl sites for hydroxylation is 1. The number of amides is 1. The maximum Gasteiger partial charge on any atom is 0.350 e. The third-order valence-corrected chi connectivity index (χ3v) is 6.30. The van der Waals surface area contributed by atoms with Crippen LogP contribution < -0.4 is 4.90 Å². The number of aliphatic hydroxyl groups excluding tert-OH is 1. The molecular formula is C22H16ClN3O5S. The molecule has 3 heterocycles. The Hall–Kier alpha value is -3.56. The van der Waals surface area contributed by atoms with Crippen molar-refractivity contribution in [2.24, 2.45) is 0 Å². The Morgan fingerprint density at radius 2 is 1.94 bits per heavy atom. The van der Waals surface area contributed by atoms with Gasteiger partial charge in [-0.25, -0.2) is 9.78 Å². The van der Waals surface area contributed by atoms with Gasteiger partial charge in [0.1, 0.15) is 10.6 Å². The lowest BCUT2D eigenvalue weighted by molar-refractivity contribution is -0.132. The van der Waals surface area contributed by atoms with E-state index >= 15 is 0 Å². The summed E-state index contributed by atoms with van der Waals surface area (Å²) in [5, 5.41) is 11.5. The fourth-order valence-electron chi connectivity index (χ4n) is 3.45. The van der Waals surface area contributed by atoms with E-state index in [9.17, 15) is 19.5 Å². The fourth-order valence-corrected chi connectivity index (χ4v) is 4.67. The molecule has 0 spiro atoms. The van der Waals surface area contributed by atoms with E-state index in [-0.39, 0.29) is 21.3 Å². The van der Waals surface area contributed by atoms with Crippen molar-refractivity contribution in [1.29, 1.82) is 0 Å². The van der Waals surface area contributed by atoms with Gasteiger partial charge in [-0.1, -0.05) is 35.1 Å². The van der Waals surface area contributed by atoms with Crippen LogP contribution in [0, 0.1) is 6.92 Å². The minimum absolute atomic E-state index is 0.115. The van der Waals surface area contributed by atoms with Gasteiger partial charge < -0.3 is 9.84 Å². The molecule has 1 N–H and O–H groups in total. The molecule has 1 aliphatic rings. The zero-order chi connectivity index (χ0) is 23.0. The largest absolute Gasteiger partial charge is 0.507 e. The van der Waals surface area contributed by atoms with Gasteiger partial charge in [-0.15, -0.1) is 0 Å². The summed E-state index contributed by atoms with van der Waals surface area (Å²) in [5.41, 5.74) is 1.07. The number of hydrogen-bond donors (Lipinski definition) is 1. The van der Waals surface area contributed by atoms with Crippen LogP contribution in [0.2, 0.25) is 5.02 Å². The molecule has 8 nitrogen and oxygen atoms in total. The minimum Gasteiger partial charge on any atom is -0.507 e. The lowest BCUT2D eigenvalue weighted by Gasteiger charge is -2.23. The van der Waals surface area contributed by atoms with E-state index in [1.54, 1.807) is 31.2 Å². The third kappa shape index (κ3) is 3.65. The average Bonchev–Trinajstić information content (AvgIpc) is 3.30. The number of methoxy groups -OCH3 is 1. The number of rotatable bonds is 4. The summed E-state index contributed by atoms with van der Waals surface area (Å²) < 4.78 is 4.77. The first-order valence-corrected chi connectivity index (χ1v) is 10.6. The number of carbonyl (C=O) groups excluding carboxylic acids is 3. The second kappa shape index (κ2) is 8.52. The van der Waals surface area contributed by atoms with Crippen LogP contribution >= 0.6 is 22.9 Å². The lowest BCUT2D eigenvalue weighted by Crippen LogP contribution is -2.29. The number of aromatic nitrogens is 2. The molecule has 1 fully saturated rings. The number of pyridine rings is 1. The molecule has 2 aromatic heterocycles. The van der Waals surface area contributed by atoms with Gasteiger partial charge in [-0.05, 0) is 36.8 Å². The Balaban J connectivity index is 1.95. The van der Waals surface area contributed by atoms with Crippen LogP contribution in [0.3, 0.4) is 0 Å². The second-order valence-electron chi connectivity index (χ2n) is 6.86. The minimum atomic E-state index is -1.00. The van der Waals surface area contributed by atoms with Crippen molar-refractivity contribution in [1.82, 2.24) is 9.97 Å². The summed E-state index contributed by atoms with van der Waals surface area (Å²) >= 11 is 7.10. The van der Waals surface area contributed by atoms with E-state index in [1.165, 1.54) is 36.5 Å². The number of thiazole rings is 1. The summed E-state index contributed by atoms with van der Waals surface area (Å²) in [6.45, 7) is 1.61. The number of aliphatic hydroxyl groups is 1. The average molecular weight is 470 g/mol. The number of hydrogen-bond acceptors (Lipinski definition) is 8. The number of benzene rings is 1. The fraction of sp³-hybridized carbons (Fsp3) is 0.136. The Kier molecular flexibility index (Phi) is 5.77. The van der Waals surface area contributed by atoms with Gasteiger partial charge in [0.2, 0.25) is 0 Å². The molecule has 32 heavy (non-hydrogen) atoms. The molecule has 0 radical (unpaired) electrons. The SMILES string of the molecule is COC(=O)c1sc(N2C(=O)C(=O)/C(=C(/O)c3ccncc3)C2c2cccc(Cl)c2)nc1C. The van der Waals surface area contributed by atoms with Crippen LogP contribution in [0.25, 0.3) is 5.76 Å². The molecule has 1 unspecified atom stereocenters. The van der Waals surface area contributed by atoms with Gasteiger partial charge in [-0.3, -0.25) is 19.5 Å². The van der Waals surface area contributed by atoms with Crippen LogP contribution in [0.4, 0.5) is 5.13 Å². The molecule has 1 amide bonds. The molecule has 1 aliphatic heterocycles. The van der Waals surface area contributed by atoms with Crippen molar-refractivity contribution < 1.29 is 24.2 Å². The highest BCUT2D eigenvalue weighted by molar-refractivity contribution is 7.17. The van der Waals surface area contributed by atoms with Crippen LogP contribution in [-0.2, 0) is 14.3 Å². The van der Waals surface area contributed by atoms with Gasteiger partial charge >= 0.3 is 11.9 Å². The van der Waals surface area contributed by atoms with E-state index in [1.807, 2.05) is 0 Å². The molecule has 3 aromatic rings. The summed E-state index contributed by atoms with van der Waals surface area (Å²) in [6, 6.07) is 8.68. The highest BCUT2D eigenvalue weighted by Crippen LogP contribution is 2.44. The van der Waals surface area contributed by atoms with E-state index in [2.05, 4.69) is 9.97 Å². The smallest absolute Gasteiger partial charge is 0.350 e. The summed E-state index contributed by atoms with van der Waals surface area (Å²) in [5.74, 6) is -2.70. The van der Waals surface area contributed by atoms with Gasteiger partial charge in [0, 0.05) is 23.0 Å². The zero-order valence-corrected chi connectivity index (χ0v) is 18.5. The quantitative estimate of drug-likeness (QED) is 0.267. The van der Waals surface area contributed by atoms with Crippen LogP contribution in [0.15, 0.2) is 54.4 Å². The van der Waals surface area contributed by atoms with Gasteiger partial charge in [0.15, 0.2) is 5.13 Å². The Labute approximate surface area is 191 Å². The molecule has 1 aromatic carbocycles. The Morgan fingerprint density at radius 3 is 2.59 bits per heavy atom. The van der Waals surface area contributed by atoms with E-state index < -0.39 is 23.7 Å². The molecule has 0 aliphatic carbocycles. The lowest BCUT2D eigenvalue weighted by atomic mass is 9.96. The van der Waals surface area contributed by atoms with Crippen molar-refractivity contribution in [2.45, 2.75) is 13.0 Å². The normalized spacial score (nSPS) is 17.6. The zero-order valence-electron chi connectivity index (χ0n) is 16.9. The number of ether oxygens (including phenoxy) is 1. The molecule has 0 bridgehead atoms. The number of halogens is 1. The van der Waals surface area contributed by atoms with Crippen molar-refractivity contribution in [3.63, 3.8) is 0 Å². The summed E-state index contributed by atoms with van der Waals surface area (Å²) in [6.07, 6.45) is 2.93. The maximum atomic E-state index is 13.1. The van der Waals surface area contributed by atoms with Gasteiger partial charge in [0.05, 0.1) is 24.4 Å². The number of carbonyl (C=O) groups is 3. The third-order valence-electron chi connectivity index (χ3n) is 4.92. The molecule has 1 atom stereocenters. The number of ketones is 1. The predicted molar refractivity (Wildman–Crippen MR) is 119 cm³/mol. The van der Waals surface area contributed by atoms with Crippen LogP contribution in [-0.4, -0.2) is 39.8 Å². The topological polar surface area (TPSA) is 110 Å². The molecule has 0 saturated carbocycles. The summed E-state index contributed by atoms with van der Waals surface area (Å²) in [7, 11) is 1.24. The van der Waals surface area contributed by atoms with Gasteiger partial charge in [-0.2, -0.15) is 0 Å². The second-order valence-corrected chi connectivity index (χ2v) is 8.28. The molecule has 162 valence electrons. The monoisotopic (exact) mass is 469 g/mol. The molecule has 4 rings (SSSR count). The molecular weight excluding hydrogens is 454 g/mol. The molecule has 10 heteroatoms. The first kappa shape index (κ1) is 21.7. The van der Waals surface area contributed by atoms with Crippen molar-refractivity contribution in [3.8, 4) is 0 Å². The maximum absolute atomic E-state index is 13.1. The van der Waals surface area contributed by atoms with Gasteiger partial charge in [0.25, 0.3) is 5.78 Å². The summed E-state index contributed by atoms with van der Waals surface area (Å²) in [4.78, 5) is 47.9. The van der Waals surface area contributed by atoms with E-state index in [0.29, 0.717) is 21.8 Å². The van der Waals surface area contributed by atoms with Crippen molar-refractivity contribution >= 4 is 51.5 Å². The Bertz CT molecular complexity index is 1270. The van der Waals surface area contributed by atoms with Crippen molar-refractivity contribution in [3.05, 3.63) is 81.1 Å². The standard InChI is InChI=1S/C22H16ClN3O5S/c1-11-19(21(30)31-2)32-22(25-11)26-16(13-4-3-5-14(23)10-13)15(18(28)20(26)29)17(27)12-6-8-24-9-7-12/h3-10,16,27H,1-2H3/b17-15+. The number of Topliss-reactive ketones (excluding diaryl/α,β-unsaturated/α-hetero) is 1. The van der Waals surface area contributed by atoms with E-state index in [4.69, 9.17) is 16.3 Å². The van der Waals surface area contributed by atoms with Crippen molar-refractivity contribution in [2.75, 3.05) is 12.0 Å². The van der Waals surface area contributed by atoms with Crippen LogP contribution in [0.1, 0.15) is 32.5 Å².